The lowest BCUT2D eigenvalue weighted by molar-refractivity contribution is 0.188. The third kappa shape index (κ3) is 0.868. The van der Waals surface area contributed by atoms with Crippen LogP contribution in [0.1, 0.15) is 0 Å². The van der Waals surface area contributed by atoms with Crippen molar-refractivity contribution in [3.8, 4) is 0 Å². The molecule has 0 bridgehead atoms. The van der Waals surface area contributed by atoms with Gasteiger partial charge >= 0.3 is 0 Å². The predicted molar refractivity (Wildman–Crippen MR) is 27.6 cm³/mol. The highest BCUT2D eigenvalue weighted by Gasteiger charge is 2.25. The first kappa shape index (κ1) is 4.94. The summed E-state index contributed by atoms with van der Waals surface area (Å²) in [5, 5.41) is 0. The average Bonchev–Trinajstić information content (AvgIpc) is 1.91. The normalized spacial score (nSPS) is 41.9. The molecule has 0 saturated carbocycles. The van der Waals surface area contributed by atoms with E-state index in [1.165, 1.54) is 0 Å². The molecule has 7 heavy (non-hydrogen) atoms. The highest BCUT2D eigenvalue weighted by Crippen LogP contribution is 2.08. The Morgan fingerprint density at radius 1 is 1.57 bits per heavy atom. The topological polar surface area (TPSA) is 35.2 Å². The Hall–Kier alpha value is -0.210. The van der Waals surface area contributed by atoms with Gasteiger partial charge in [0.1, 0.15) is 5.92 Å². The summed E-state index contributed by atoms with van der Waals surface area (Å²) < 4.78 is 4.98. The van der Waals surface area contributed by atoms with E-state index < -0.39 is 0 Å². The third-order valence-corrected chi connectivity index (χ3v) is 1.25. The van der Waals surface area contributed by atoms with Crippen molar-refractivity contribution in [2.75, 3.05) is 13.2 Å². The molecule has 40 valence electrons. The lowest BCUT2D eigenvalue weighted by Gasteiger charge is -1.95. The van der Waals surface area contributed by atoms with Crippen LogP contribution in [0.2, 0.25) is 0 Å². The Balaban J connectivity index is 2.33. The van der Waals surface area contributed by atoms with Gasteiger partial charge in [0, 0.05) is 0 Å². The van der Waals surface area contributed by atoms with Crippen LogP contribution in [0.25, 0.3) is 0 Å². The second kappa shape index (κ2) is 1.72. The van der Waals surface area contributed by atoms with Gasteiger partial charge in [-0.3, -0.25) is 0 Å². The molecule has 0 aromatic rings. The lowest BCUT2D eigenvalue weighted by atomic mass is 10.1. The van der Waals surface area contributed by atoms with E-state index in [9.17, 15) is 0 Å². The minimum Gasteiger partial charge on any atom is -0.375 e. The van der Waals surface area contributed by atoms with Gasteiger partial charge in [-0.15, -0.1) is 0 Å². The van der Waals surface area contributed by atoms with Gasteiger partial charge in [-0.2, -0.15) is 0 Å². The van der Waals surface area contributed by atoms with E-state index in [-0.39, 0.29) is 6.04 Å². The molecular weight excluding hydrogens is 90.1 g/mol. The van der Waals surface area contributed by atoms with Crippen LogP contribution in [0.5, 0.6) is 0 Å². The zero-order valence-corrected chi connectivity index (χ0v) is 4.26. The largest absolute Gasteiger partial charge is 0.375 e. The first-order valence-corrected chi connectivity index (χ1v) is 2.47. The van der Waals surface area contributed by atoms with Crippen molar-refractivity contribution in [1.82, 2.24) is 0 Å². The van der Waals surface area contributed by atoms with Crippen LogP contribution in [0.3, 0.4) is 0 Å². The van der Waals surface area contributed by atoms with Gasteiger partial charge in [0.15, 0.2) is 0 Å². The molecular formula is C5H10NO+. The van der Waals surface area contributed by atoms with Crippen molar-refractivity contribution in [2.24, 2.45) is 11.7 Å². The quantitative estimate of drug-likeness (QED) is 0.428. The molecule has 0 aromatic carbocycles. The van der Waals surface area contributed by atoms with Crippen LogP contribution < -0.4 is 5.73 Å². The highest BCUT2D eigenvalue weighted by atomic mass is 16.5. The maximum absolute atomic E-state index is 5.49. The summed E-state index contributed by atoms with van der Waals surface area (Å²) in [5.74, 6) is 0.319. The van der Waals surface area contributed by atoms with Crippen LogP contribution in [0.15, 0.2) is 0 Å². The summed E-state index contributed by atoms with van der Waals surface area (Å²) in [6.45, 7) is 5.19. The Labute approximate surface area is 43.6 Å². The van der Waals surface area contributed by atoms with Crippen LogP contribution in [0.4, 0.5) is 0 Å². The molecule has 2 nitrogen and oxygen atoms in total. The van der Waals surface area contributed by atoms with Gasteiger partial charge in [-0.1, -0.05) is 0 Å². The number of rotatable bonds is 0. The Morgan fingerprint density at radius 2 is 2.29 bits per heavy atom. The van der Waals surface area contributed by atoms with Crippen molar-refractivity contribution >= 4 is 0 Å². The molecule has 0 radical (unpaired) electrons. The second-order valence-electron chi connectivity index (χ2n) is 1.96. The monoisotopic (exact) mass is 100 g/mol. The fourth-order valence-electron chi connectivity index (χ4n) is 0.615. The van der Waals surface area contributed by atoms with Crippen LogP contribution in [0, 0.1) is 12.8 Å². The molecule has 1 saturated heterocycles. The fourth-order valence-corrected chi connectivity index (χ4v) is 0.615. The molecule has 1 fully saturated rings. The number of nitrogens with two attached hydrogens (primary N) is 1. The van der Waals surface area contributed by atoms with Gasteiger partial charge in [0.05, 0.1) is 26.2 Å². The molecule has 0 aromatic heterocycles. The molecule has 0 amide bonds. The van der Waals surface area contributed by atoms with E-state index in [4.69, 9.17) is 10.5 Å². The molecule has 0 spiro atoms. The van der Waals surface area contributed by atoms with Gasteiger partial charge in [-0.05, 0) is 0 Å². The van der Waals surface area contributed by atoms with Gasteiger partial charge in [-0.25, -0.2) is 0 Å². The molecule has 2 heteroatoms. The first-order valence-electron chi connectivity index (χ1n) is 2.47. The Bertz CT molecular complexity index is 57.1. The standard InChI is InChI=1S/C5H10NO/c1-4-2-7-3-5(4)6/h4-5H,1-3,6H2/q+1/t4-,5+/m0/s1. The molecule has 0 unspecified atom stereocenters. The summed E-state index contributed by atoms with van der Waals surface area (Å²) in [6.07, 6.45) is 0. The molecule has 0 aliphatic carbocycles. The predicted octanol–water partition coefficient (Wildman–Crippen LogP) is -0.206. The van der Waals surface area contributed by atoms with Crippen molar-refractivity contribution in [1.29, 1.82) is 0 Å². The zero-order valence-electron chi connectivity index (χ0n) is 4.26. The molecule has 2 N–H and O–H groups in total. The van der Waals surface area contributed by atoms with Crippen LogP contribution >= 0.6 is 0 Å². The summed E-state index contributed by atoms with van der Waals surface area (Å²) in [6, 6.07) is 0.181. The molecule has 1 rings (SSSR count). The molecule has 1 heterocycles. The van der Waals surface area contributed by atoms with Crippen LogP contribution in [-0.2, 0) is 4.74 Å². The molecule has 1 aliphatic rings. The fraction of sp³-hybridized carbons (Fsp3) is 0.800. The summed E-state index contributed by atoms with van der Waals surface area (Å²) in [4.78, 5) is 0. The van der Waals surface area contributed by atoms with Gasteiger partial charge in [0.25, 0.3) is 0 Å². The maximum Gasteiger partial charge on any atom is 0.136 e. The molecule has 1 aliphatic heterocycles. The Kier molecular flexibility index (Phi) is 1.21. The van der Waals surface area contributed by atoms with Gasteiger partial charge in [0.2, 0.25) is 0 Å². The van der Waals surface area contributed by atoms with Crippen molar-refractivity contribution in [3.63, 3.8) is 0 Å². The summed E-state index contributed by atoms with van der Waals surface area (Å²) in [5.41, 5.74) is 5.49. The molecule has 2 atom stereocenters. The third-order valence-electron chi connectivity index (χ3n) is 1.25. The highest BCUT2D eigenvalue weighted by molar-refractivity contribution is 4.78. The first-order chi connectivity index (χ1) is 3.30. The van der Waals surface area contributed by atoms with E-state index in [2.05, 4.69) is 6.92 Å². The summed E-state index contributed by atoms with van der Waals surface area (Å²) in [7, 11) is 0. The van der Waals surface area contributed by atoms with Crippen LogP contribution in [-0.4, -0.2) is 19.3 Å². The maximum atomic E-state index is 5.49. The average molecular weight is 100 g/mol. The van der Waals surface area contributed by atoms with E-state index in [1.54, 1.807) is 0 Å². The van der Waals surface area contributed by atoms with Gasteiger partial charge < -0.3 is 10.5 Å². The second-order valence-corrected chi connectivity index (χ2v) is 1.96. The SMILES string of the molecule is [CH2+][C@H]1COC[C@H]1N. The minimum atomic E-state index is 0.181. The van der Waals surface area contributed by atoms with E-state index >= 15 is 0 Å². The minimum absolute atomic E-state index is 0.181. The number of hydrogen-bond donors (Lipinski definition) is 1. The van der Waals surface area contributed by atoms with E-state index in [0.717, 1.165) is 6.61 Å². The Morgan fingerprint density at radius 3 is 2.43 bits per heavy atom. The zero-order chi connectivity index (χ0) is 5.28. The lowest BCUT2D eigenvalue weighted by Crippen LogP contribution is -2.26. The number of hydrogen-bond acceptors (Lipinski definition) is 2. The van der Waals surface area contributed by atoms with E-state index in [1.807, 2.05) is 0 Å². The summed E-state index contributed by atoms with van der Waals surface area (Å²) >= 11 is 0. The van der Waals surface area contributed by atoms with Crippen molar-refractivity contribution in [3.05, 3.63) is 6.92 Å². The smallest absolute Gasteiger partial charge is 0.136 e. The van der Waals surface area contributed by atoms with Crippen molar-refractivity contribution in [2.45, 2.75) is 6.04 Å². The van der Waals surface area contributed by atoms with Crippen molar-refractivity contribution < 1.29 is 4.74 Å². The number of ether oxygens (including phenoxy) is 1. The van der Waals surface area contributed by atoms with E-state index in [0.29, 0.717) is 12.5 Å².